The van der Waals surface area contributed by atoms with E-state index in [4.69, 9.17) is 5.73 Å². The second kappa shape index (κ2) is 10.9. The zero-order chi connectivity index (χ0) is 26.0. The Morgan fingerprint density at radius 2 is 1.71 bits per heavy atom. The highest BCUT2D eigenvalue weighted by molar-refractivity contribution is 7.91. The Labute approximate surface area is 213 Å². The summed E-state index contributed by atoms with van der Waals surface area (Å²) in [6.45, 7) is 5.90. The number of alkyl halides is 2. The summed E-state index contributed by atoms with van der Waals surface area (Å²) in [5.74, 6) is -0.552. The van der Waals surface area contributed by atoms with Crippen LogP contribution in [0.3, 0.4) is 0 Å². The maximum absolute atomic E-state index is 13.7. The van der Waals surface area contributed by atoms with Crippen molar-refractivity contribution in [3.8, 4) is 10.4 Å². The lowest BCUT2D eigenvalue weighted by Crippen LogP contribution is -2.40. The first-order valence-electron chi connectivity index (χ1n) is 11.1. The van der Waals surface area contributed by atoms with Crippen LogP contribution in [0.4, 0.5) is 8.78 Å². The number of fused-ring (bicyclic) bond motifs is 1. The van der Waals surface area contributed by atoms with E-state index in [0.717, 1.165) is 27.0 Å². The number of thiazole rings is 1. The third-order valence-electron chi connectivity index (χ3n) is 5.09. The minimum absolute atomic E-state index is 0. The molecule has 0 bridgehead atoms. The Balaban J connectivity index is 0.000000623. The van der Waals surface area contributed by atoms with Crippen LogP contribution in [0.1, 0.15) is 55.5 Å². The van der Waals surface area contributed by atoms with Crippen molar-refractivity contribution in [3.63, 3.8) is 0 Å². The number of benzene rings is 2. The molecule has 2 heterocycles. The van der Waals surface area contributed by atoms with Crippen LogP contribution < -0.4 is 11.1 Å². The zero-order valence-electron chi connectivity index (χ0n) is 19.7. The van der Waals surface area contributed by atoms with Crippen molar-refractivity contribution in [1.82, 2.24) is 10.3 Å². The summed E-state index contributed by atoms with van der Waals surface area (Å²) >= 11 is 5.34. The number of hydrogen-bond donors (Lipinski definition) is 3. The van der Waals surface area contributed by atoms with E-state index < -0.39 is 27.9 Å². The smallest absolute Gasteiger partial charge is 0.281 e. The molecule has 11 heteroatoms. The molecule has 0 atom stereocenters. The van der Waals surface area contributed by atoms with E-state index in [1.165, 1.54) is 0 Å². The van der Waals surface area contributed by atoms with Gasteiger partial charge in [0.2, 0.25) is 0 Å². The molecule has 0 spiro atoms. The summed E-state index contributed by atoms with van der Waals surface area (Å²) in [7, 11) is -3.06. The van der Waals surface area contributed by atoms with Gasteiger partial charge in [0, 0.05) is 22.0 Å². The summed E-state index contributed by atoms with van der Waals surface area (Å²) in [5, 5.41) is 4.25. The van der Waals surface area contributed by atoms with Crippen molar-refractivity contribution in [3.05, 3.63) is 47.1 Å². The van der Waals surface area contributed by atoms with Crippen LogP contribution in [0, 0.1) is 0 Å². The fraction of sp³-hybridized carbons (Fsp3) is 0.417. The zero-order valence-corrected chi connectivity index (χ0v) is 22.2. The molecule has 1 aliphatic rings. The standard InChI is InChI=1S/C20H18F2N2O3S3.C4H11N/c21-18(22)16-17(14-5-6-15(28)13-4-2-1-3-12(13)14)29-20(24-16)19(25)23-11-7-9-30(26,27)10-8-11;1-4(2,3)5/h1-6,11,18,28H,7-10H2,(H,23,25);5H2,1-3H3. The third kappa shape index (κ3) is 7.45. The quantitative estimate of drug-likeness (QED) is 0.392. The van der Waals surface area contributed by atoms with E-state index in [9.17, 15) is 22.0 Å². The molecule has 35 heavy (non-hydrogen) atoms. The van der Waals surface area contributed by atoms with Gasteiger partial charge in [-0.15, -0.1) is 24.0 Å². The SMILES string of the molecule is CC(C)(C)N.O=C(NC1CCS(=O)(=O)CC1)c1nc(C(F)F)c(-c2ccc(S)c3ccccc23)s1. The molecule has 6 nitrogen and oxygen atoms in total. The summed E-state index contributed by atoms with van der Waals surface area (Å²) in [4.78, 5) is 17.5. The van der Waals surface area contributed by atoms with Crippen LogP contribution in [-0.2, 0) is 9.84 Å². The van der Waals surface area contributed by atoms with Gasteiger partial charge in [-0.2, -0.15) is 0 Å². The number of sulfone groups is 1. The average Bonchev–Trinajstić information content (AvgIpc) is 3.20. The second-order valence-corrected chi connectivity index (χ2v) is 13.3. The molecule has 1 aromatic heterocycles. The van der Waals surface area contributed by atoms with Crippen molar-refractivity contribution in [2.75, 3.05) is 11.5 Å². The molecule has 3 aromatic rings. The van der Waals surface area contributed by atoms with Gasteiger partial charge in [0.25, 0.3) is 12.3 Å². The van der Waals surface area contributed by atoms with Crippen molar-refractivity contribution < 1.29 is 22.0 Å². The Morgan fingerprint density at radius 1 is 1.14 bits per heavy atom. The Kier molecular flexibility index (Phi) is 8.56. The first-order chi connectivity index (χ1) is 16.2. The predicted octanol–water partition coefficient (Wildman–Crippen LogP) is 5.24. The summed E-state index contributed by atoms with van der Waals surface area (Å²) in [6.07, 6.45) is -2.23. The molecule has 3 N–H and O–H groups in total. The third-order valence-corrected chi connectivity index (χ3v) is 8.30. The number of halogens is 2. The summed E-state index contributed by atoms with van der Waals surface area (Å²) < 4.78 is 50.6. The van der Waals surface area contributed by atoms with Gasteiger partial charge in [-0.05, 0) is 50.5 Å². The lowest BCUT2D eigenvalue weighted by Gasteiger charge is -2.22. The normalized spacial score (nSPS) is 16.1. The van der Waals surface area contributed by atoms with Crippen LogP contribution in [0.15, 0.2) is 41.3 Å². The molecule has 190 valence electrons. The van der Waals surface area contributed by atoms with E-state index in [-0.39, 0.29) is 33.0 Å². The number of carbonyl (C=O) groups is 1. The number of thiol groups is 1. The van der Waals surface area contributed by atoms with Gasteiger partial charge in [-0.3, -0.25) is 4.79 Å². The first kappa shape index (κ1) is 27.5. The van der Waals surface area contributed by atoms with Gasteiger partial charge in [-0.1, -0.05) is 30.3 Å². The molecule has 0 aliphatic carbocycles. The Hall–Kier alpha value is -2.08. The van der Waals surface area contributed by atoms with Crippen LogP contribution >= 0.6 is 24.0 Å². The number of nitrogens with two attached hydrogens (primary N) is 1. The maximum atomic E-state index is 13.7. The van der Waals surface area contributed by atoms with E-state index in [2.05, 4.69) is 22.9 Å². The molecule has 1 aliphatic heterocycles. The lowest BCUT2D eigenvalue weighted by molar-refractivity contribution is 0.0932. The number of amides is 1. The van der Waals surface area contributed by atoms with Crippen LogP contribution in [0.2, 0.25) is 0 Å². The van der Waals surface area contributed by atoms with Crippen molar-refractivity contribution in [2.45, 2.75) is 56.5 Å². The monoisotopic (exact) mass is 541 g/mol. The van der Waals surface area contributed by atoms with Crippen molar-refractivity contribution in [2.24, 2.45) is 5.73 Å². The molecule has 0 saturated carbocycles. The van der Waals surface area contributed by atoms with Crippen LogP contribution in [0.5, 0.6) is 0 Å². The minimum atomic E-state index is -3.06. The highest BCUT2D eigenvalue weighted by Crippen LogP contribution is 2.40. The molecule has 1 fully saturated rings. The maximum Gasteiger partial charge on any atom is 0.281 e. The minimum Gasteiger partial charge on any atom is -0.347 e. The van der Waals surface area contributed by atoms with E-state index >= 15 is 0 Å². The number of nitrogens with one attached hydrogen (secondary N) is 1. The summed E-state index contributed by atoms with van der Waals surface area (Å²) in [5.41, 5.74) is 5.49. The molecular formula is C24H29F2N3O3S3. The lowest BCUT2D eigenvalue weighted by atomic mass is 10.0. The van der Waals surface area contributed by atoms with Gasteiger partial charge in [-0.25, -0.2) is 22.2 Å². The highest BCUT2D eigenvalue weighted by Gasteiger charge is 2.28. The van der Waals surface area contributed by atoms with Crippen molar-refractivity contribution >= 4 is 50.5 Å². The fourth-order valence-corrected chi connectivity index (χ4v) is 6.31. The fourth-order valence-electron chi connectivity index (χ4n) is 3.53. The number of carbonyl (C=O) groups excluding carboxylic acids is 1. The van der Waals surface area contributed by atoms with Crippen LogP contribution in [0.25, 0.3) is 21.2 Å². The Bertz CT molecular complexity index is 1300. The summed E-state index contributed by atoms with van der Waals surface area (Å²) in [6, 6.07) is 10.5. The topological polar surface area (TPSA) is 102 Å². The molecule has 0 unspecified atom stereocenters. The Morgan fingerprint density at radius 3 is 2.29 bits per heavy atom. The molecule has 1 saturated heterocycles. The molecular weight excluding hydrogens is 512 g/mol. The van der Waals surface area contributed by atoms with E-state index in [1.807, 2.05) is 45.0 Å². The second-order valence-electron chi connectivity index (χ2n) is 9.48. The molecule has 1 amide bonds. The van der Waals surface area contributed by atoms with E-state index in [0.29, 0.717) is 18.4 Å². The van der Waals surface area contributed by atoms with Gasteiger partial charge in [0.15, 0.2) is 5.01 Å². The largest absolute Gasteiger partial charge is 0.347 e. The molecule has 2 aromatic carbocycles. The highest BCUT2D eigenvalue weighted by atomic mass is 32.2. The van der Waals surface area contributed by atoms with Crippen LogP contribution in [-0.4, -0.2) is 42.4 Å². The first-order valence-corrected chi connectivity index (χ1v) is 14.1. The van der Waals surface area contributed by atoms with Crippen molar-refractivity contribution in [1.29, 1.82) is 0 Å². The van der Waals surface area contributed by atoms with Gasteiger partial charge in [0.05, 0.1) is 16.4 Å². The number of rotatable bonds is 4. The number of hydrogen-bond acceptors (Lipinski definition) is 7. The molecule has 4 rings (SSSR count). The predicted molar refractivity (Wildman–Crippen MR) is 140 cm³/mol. The van der Waals surface area contributed by atoms with Gasteiger partial charge < -0.3 is 11.1 Å². The van der Waals surface area contributed by atoms with E-state index in [1.54, 1.807) is 12.1 Å². The van der Waals surface area contributed by atoms with Gasteiger partial charge in [0.1, 0.15) is 15.5 Å². The number of nitrogens with zero attached hydrogens (tertiary/aromatic N) is 1. The average molecular weight is 542 g/mol. The molecule has 0 radical (unpaired) electrons. The van der Waals surface area contributed by atoms with Gasteiger partial charge >= 0.3 is 0 Å². The number of aromatic nitrogens is 1.